The van der Waals surface area contributed by atoms with Crippen LogP contribution in [0.15, 0.2) is 42.5 Å². The van der Waals surface area contributed by atoms with Gasteiger partial charge in [-0.25, -0.2) is 0 Å². The van der Waals surface area contributed by atoms with Crippen LogP contribution in [0.3, 0.4) is 0 Å². The van der Waals surface area contributed by atoms with E-state index in [9.17, 15) is 9.59 Å². The average molecular weight is 425 g/mol. The minimum atomic E-state index is -0.518. The fraction of sp³-hybridized carbons (Fsp3) is 0.462. The lowest BCUT2D eigenvalue weighted by molar-refractivity contribution is -0.141. The van der Waals surface area contributed by atoms with Crippen molar-refractivity contribution in [2.75, 3.05) is 7.11 Å². The van der Waals surface area contributed by atoms with E-state index in [4.69, 9.17) is 4.74 Å². The summed E-state index contributed by atoms with van der Waals surface area (Å²) >= 11 is 0. The van der Waals surface area contributed by atoms with Crippen molar-refractivity contribution >= 4 is 11.8 Å². The number of aryl methyl sites for hydroxylation is 2. The van der Waals surface area contributed by atoms with Crippen LogP contribution in [0.2, 0.25) is 0 Å². The number of methoxy groups -OCH3 is 1. The molecule has 0 fully saturated rings. The van der Waals surface area contributed by atoms with E-state index in [-0.39, 0.29) is 24.3 Å². The predicted molar refractivity (Wildman–Crippen MR) is 125 cm³/mol. The molecule has 2 amide bonds. The molecule has 1 N–H and O–H groups in total. The van der Waals surface area contributed by atoms with Crippen molar-refractivity contribution in [3.63, 3.8) is 0 Å². The van der Waals surface area contributed by atoms with Gasteiger partial charge < -0.3 is 15.0 Å². The number of benzene rings is 2. The van der Waals surface area contributed by atoms with Crippen molar-refractivity contribution in [1.29, 1.82) is 0 Å². The van der Waals surface area contributed by atoms with Gasteiger partial charge in [0.1, 0.15) is 11.8 Å². The molecule has 0 aromatic heterocycles. The van der Waals surface area contributed by atoms with Crippen LogP contribution in [0.1, 0.15) is 55.9 Å². The molecule has 0 saturated heterocycles. The summed E-state index contributed by atoms with van der Waals surface area (Å²) in [5.41, 5.74) is 4.29. The monoisotopic (exact) mass is 424 g/mol. The maximum Gasteiger partial charge on any atom is 0.243 e. The number of rotatable bonds is 10. The molecule has 31 heavy (non-hydrogen) atoms. The summed E-state index contributed by atoms with van der Waals surface area (Å²) in [7, 11) is 1.63. The minimum absolute atomic E-state index is 0.0507. The number of nitrogens with one attached hydrogen (secondary N) is 1. The van der Waals surface area contributed by atoms with Gasteiger partial charge in [0.2, 0.25) is 11.8 Å². The summed E-state index contributed by atoms with van der Waals surface area (Å²) in [5, 5.41) is 3.05. The Balaban J connectivity index is 2.30. The Hall–Kier alpha value is -2.82. The van der Waals surface area contributed by atoms with Gasteiger partial charge in [-0.3, -0.25) is 9.59 Å². The normalized spacial score (nSPS) is 12.7. The fourth-order valence-electron chi connectivity index (χ4n) is 3.48. The van der Waals surface area contributed by atoms with Crippen molar-refractivity contribution in [3.05, 3.63) is 64.7 Å². The Kier molecular flexibility index (Phi) is 9.10. The summed E-state index contributed by atoms with van der Waals surface area (Å²) in [6.07, 6.45) is 1.67. The molecule has 0 aliphatic carbocycles. The molecule has 0 aliphatic heterocycles. The first-order valence-electron chi connectivity index (χ1n) is 11.1. The Morgan fingerprint density at radius 2 is 1.61 bits per heavy atom. The zero-order valence-corrected chi connectivity index (χ0v) is 19.7. The number of ether oxygens (including phenoxy) is 1. The van der Waals surface area contributed by atoms with Crippen molar-refractivity contribution in [2.24, 2.45) is 0 Å². The minimum Gasteiger partial charge on any atom is -0.497 e. The lowest BCUT2D eigenvalue weighted by Gasteiger charge is -2.31. The third-order valence-corrected chi connectivity index (χ3v) is 5.83. The van der Waals surface area contributed by atoms with Gasteiger partial charge in [0.25, 0.3) is 0 Å². The first kappa shape index (κ1) is 24.4. The highest BCUT2D eigenvalue weighted by atomic mass is 16.5. The molecule has 0 saturated carbocycles. The van der Waals surface area contributed by atoms with Crippen molar-refractivity contribution in [3.8, 4) is 5.75 Å². The van der Waals surface area contributed by atoms with Crippen molar-refractivity contribution in [1.82, 2.24) is 10.2 Å². The highest BCUT2D eigenvalue weighted by Gasteiger charge is 2.29. The summed E-state index contributed by atoms with van der Waals surface area (Å²) in [6, 6.07) is 13.3. The van der Waals surface area contributed by atoms with Crippen LogP contribution in [0.5, 0.6) is 5.75 Å². The second-order valence-corrected chi connectivity index (χ2v) is 8.21. The number of carbonyl (C=O) groups is 2. The molecule has 2 rings (SSSR count). The van der Waals surface area contributed by atoms with E-state index in [0.717, 1.165) is 28.9 Å². The molecule has 2 aromatic rings. The fourth-order valence-corrected chi connectivity index (χ4v) is 3.48. The standard InChI is InChI=1S/C26H36N2O3/c1-7-20(5)27-26(30)24(8-2)28(17-21-11-13-23(31-6)14-12-21)25(29)16-22-10-9-18(3)19(4)15-22/h9-15,20,24H,7-8,16-17H2,1-6H3,(H,27,30)/t20-,24-/m1/s1. The zero-order chi connectivity index (χ0) is 23.0. The number of hydrogen-bond acceptors (Lipinski definition) is 3. The number of amides is 2. The van der Waals surface area contributed by atoms with Gasteiger partial charge in [0, 0.05) is 12.6 Å². The van der Waals surface area contributed by atoms with E-state index in [1.54, 1.807) is 12.0 Å². The zero-order valence-electron chi connectivity index (χ0n) is 19.7. The summed E-state index contributed by atoms with van der Waals surface area (Å²) in [6.45, 7) is 10.4. The Labute approximate surface area is 186 Å². The molecule has 5 heteroatoms. The van der Waals surface area contributed by atoms with Crippen molar-refractivity contribution < 1.29 is 14.3 Å². The third-order valence-electron chi connectivity index (χ3n) is 5.83. The van der Waals surface area contributed by atoms with Crippen LogP contribution in [0, 0.1) is 13.8 Å². The molecule has 0 aliphatic rings. The molecular formula is C26H36N2O3. The van der Waals surface area contributed by atoms with Gasteiger partial charge in [-0.1, -0.05) is 44.2 Å². The number of nitrogens with zero attached hydrogens (tertiary/aromatic N) is 1. The maximum absolute atomic E-state index is 13.4. The Morgan fingerprint density at radius 1 is 0.968 bits per heavy atom. The highest BCUT2D eigenvalue weighted by Crippen LogP contribution is 2.18. The molecule has 2 aromatic carbocycles. The van der Waals surface area contributed by atoms with Crippen LogP contribution in [0.25, 0.3) is 0 Å². The average Bonchev–Trinajstić information content (AvgIpc) is 2.76. The molecule has 168 valence electrons. The van der Waals surface area contributed by atoms with E-state index < -0.39 is 6.04 Å². The molecule has 0 bridgehead atoms. The van der Waals surface area contributed by atoms with E-state index in [0.29, 0.717) is 13.0 Å². The molecular weight excluding hydrogens is 388 g/mol. The summed E-state index contributed by atoms with van der Waals surface area (Å²) < 4.78 is 5.24. The van der Waals surface area contributed by atoms with E-state index in [1.807, 2.05) is 64.1 Å². The number of hydrogen-bond donors (Lipinski definition) is 1. The van der Waals surface area contributed by atoms with Gasteiger partial charge >= 0.3 is 0 Å². The van der Waals surface area contributed by atoms with Gasteiger partial charge in [-0.05, 0) is 68.0 Å². The van der Waals surface area contributed by atoms with Gasteiger partial charge in [-0.2, -0.15) is 0 Å². The first-order chi connectivity index (χ1) is 14.8. The van der Waals surface area contributed by atoms with Gasteiger partial charge in [0.15, 0.2) is 0 Å². The quantitative estimate of drug-likeness (QED) is 0.607. The third kappa shape index (κ3) is 6.84. The molecule has 0 spiro atoms. The maximum atomic E-state index is 13.4. The number of carbonyl (C=O) groups excluding carboxylic acids is 2. The van der Waals surface area contributed by atoms with E-state index >= 15 is 0 Å². The van der Waals surface area contributed by atoms with Crippen LogP contribution < -0.4 is 10.1 Å². The molecule has 0 radical (unpaired) electrons. The Bertz CT molecular complexity index is 877. The molecule has 0 unspecified atom stereocenters. The summed E-state index contributed by atoms with van der Waals surface area (Å²) in [4.78, 5) is 28.1. The van der Waals surface area contributed by atoms with Crippen LogP contribution in [0.4, 0.5) is 0 Å². The van der Waals surface area contributed by atoms with Gasteiger partial charge in [-0.15, -0.1) is 0 Å². The molecule has 5 nitrogen and oxygen atoms in total. The second kappa shape index (κ2) is 11.5. The largest absolute Gasteiger partial charge is 0.497 e. The van der Waals surface area contributed by atoms with Crippen LogP contribution >= 0.6 is 0 Å². The second-order valence-electron chi connectivity index (χ2n) is 8.21. The van der Waals surface area contributed by atoms with Crippen molar-refractivity contribution in [2.45, 2.75) is 72.5 Å². The SMILES string of the molecule is CC[C@@H](C)NC(=O)[C@@H](CC)N(Cc1ccc(OC)cc1)C(=O)Cc1ccc(C)c(C)c1. The topological polar surface area (TPSA) is 58.6 Å². The highest BCUT2D eigenvalue weighted by molar-refractivity contribution is 5.88. The van der Waals surface area contributed by atoms with E-state index in [2.05, 4.69) is 18.3 Å². The smallest absolute Gasteiger partial charge is 0.243 e. The predicted octanol–water partition coefficient (Wildman–Crippen LogP) is 4.58. The first-order valence-corrected chi connectivity index (χ1v) is 11.1. The lowest BCUT2D eigenvalue weighted by atomic mass is 10.0. The molecule has 0 heterocycles. The van der Waals surface area contributed by atoms with Crippen LogP contribution in [-0.2, 0) is 22.6 Å². The van der Waals surface area contributed by atoms with Gasteiger partial charge in [0.05, 0.1) is 13.5 Å². The lowest BCUT2D eigenvalue weighted by Crippen LogP contribution is -2.51. The van der Waals surface area contributed by atoms with E-state index in [1.165, 1.54) is 5.56 Å². The Morgan fingerprint density at radius 3 is 2.16 bits per heavy atom. The summed E-state index contributed by atoms with van der Waals surface area (Å²) in [5.74, 6) is 0.613. The van der Waals surface area contributed by atoms with Crippen LogP contribution in [-0.4, -0.2) is 35.9 Å². The molecule has 2 atom stereocenters.